The van der Waals surface area contributed by atoms with E-state index in [1.165, 1.54) is 0 Å². The molecule has 0 amide bonds. The van der Waals surface area contributed by atoms with Crippen LogP contribution in [-0.4, -0.2) is 35.0 Å². The molecular weight excluding hydrogens is 246 g/mol. The summed E-state index contributed by atoms with van der Waals surface area (Å²) in [6.45, 7) is 6.84. The van der Waals surface area contributed by atoms with Gasteiger partial charge >= 0.3 is 0 Å². The van der Waals surface area contributed by atoms with Crippen LogP contribution in [0.4, 0.5) is 5.95 Å². The molecule has 1 N–H and O–H groups in total. The van der Waals surface area contributed by atoms with E-state index in [1.54, 1.807) is 0 Å². The second-order valence-electron chi connectivity index (χ2n) is 4.53. The van der Waals surface area contributed by atoms with Gasteiger partial charge in [0.2, 0.25) is 5.95 Å². The number of anilines is 1. The molecule has 0 spiro atoms. The van der Waals surface area contributed by atoms with Gasteiger partial charge in [0.05, 0.1) is 0 Å². The minimum absolute atomic E-state index is 0.632. The van der Waals surface area contributed by atoms with Crippen LogP contribution >= 0.6 is 11.8 Å². The van der Waals surface area contributed by atoms with Gasteiger partial charge in [-0.05, 0) is 32.3 Å². The molecule has 1 aromatic heterocycles. The molecule has 1 saturated heterocycles. The molecule has 1 aliphatic rings. The van der Waals surface area contributed by atoms with Crippen molar-refractivity contribution in [3.63, 3.8) is 0 Å². The van der Waals surface area contributed by atoms with Crippen molar-refractivity contribution in [1.82, 2.24) is 9.97 Å². The minimum Gasteiger partial charge on any atom is -0.381 e. The molecule has 100 valence electrons. The van der Waals surface area contributed by atoms with Crippen molar-refractivity contribution in [3.05, 3.63) is 11.8 Å². The van der Waals surface area contributed by atoms with Gasteiger partial charge in [0.15, 0.2) is 0 Å². The van der Waals surface area contributed by atoms with Crippen LogP contribution in [0.15, 0.2) is 11.1 Å². The van der Waals surface area contributed by atoms with E-state index in [4.69, 9.17) is 4.74 Å². The number of hydrogen-bond acceptors (Lipinski definition) is 5. The number of ether oxygens (including phenoxy) is 1. The van der Waals surface area contributed by atoms with E-state index in [1.807, 2.05) is 18.7 Å². The second kappa shape index (κ2) is 6.95. The monoisotopic (exact) mass is 267 g/mol. The number of nitrogens with zero attached hydrogens (tertiary/aromatic N) is 2. The molecule has 0 aromatic carbocycles. The van der Waals surface area contributed by atoms with Crippen LogP contribution in [0.3, 0.4) is 0 Å². The van der Waals surface area contributed by atoms with Crippen LogP contribution in [0.5, 0.6) is 0 Å². The lowest BCUT2D eigenvalue weighted by Gasteiger charge is -2.21. The SMILES string of the molecule is CCCNc1nc(C)cc(SC2CCOCC2)n1. The van der Waals surface area contributed by atoms with Gasteiger partial charge in [-0.1, -0.05) is 6.92 Å². The topological polar surface area (TPSA) is 47.0 Å². The Morgan fingerprint density at radius 3 is 2.89 bits per heavy atom. The van der Waals surface area contributed by atoms with Crippen molar-refractivity contribution < 1.29 is 4.74 Å². The van der Waals surface area contributed by atoms with Crippen LogP contribution in [0.25, 0.3) is 0 Å². The molecule has 0 radical (unpaired) electrons. The molecule has 18 heavy (non-hydrogen) atoms. The summed E-state index contributed by atoms with van der Waals surface area (Å²) in [4.78, 5) is 8.97. The van der Waals surface area contributed by atoms with Crippen LogP contribution in [0.1, 0.15) is 31.9 Å². The standard InChI is InChI=1S/C13H21N3OS/c1-3-6-14-13-15-10(2)9-12(16-13)18-11-4-7-17-8-5-11/h9,11H,3-8H2,1-2H3,(H,14,15,16). The van der Waals surface area contributed by atoms with Crippen molar-refractivity contribution in [2.45, 2.75) is 43.4 Å². The zero-order chi connectivity index (χ0) is 12.8. The maximum Gasteiger partial charge on any atom is 0.223 e. The highest BCUT2D eigenvalue weighted by Gasteiger charge is 2.16. The molecule has 1 fully saturated rings. The van der Waals surface area contributed by atoms with Crippen molar-refractivity contribution >= 4 is 17.7 Å². The average molecular weight is 267 g/mol. The smallest absolute Gasteiger partial charge is 0.223 e. The summed E-state index contributed by atoms with van der Waals surface area (Å²) in [5.41, 5.74) is 1.03. The van der Waals surface area contributed by atoms with Crippen molar-refractivity contribution in [2.75, 3.05) is 25.1 Å². The number of thioether (sulfide) groups is 1. The quantitative estimate of drug-likeness (QED) is 0.831. The van der Waals surface area contributed by atoms with Gasteiger partial charge in [0.25, 0.3) is 0 Å². The molecular formula is C13H21N3OS. The highest BCUT2D eigenvalue weighted by atomic mass is 32.2. The average Bonchev–Trinajstić information content (AvgIpc) is 2.37. The van der Waals surface area contributed by atoms with Gasteiger partial charge < -0.3 is 10.1 Å². The third-order valence-electron chi connectivity index (χ3n) is 2.82. The highest BCUT2D eigenvalue weighted by Crippen LogP contribution is 2.29. The fraction of sp³-hybridized carbons (Fsp3) is 0.692. The van der Waals surface area contributed by atoms with Gasteiger partial charge in [-0.2, -0.15) is 0 Å². The van der Waals surface area contributed by atoms with E-state index in [0.717, 1.165) is 55.7 Å². The van der Waals surface area contributed by atoms with E-state index < -0.39 is 0 Å². The molecule has 2 rings (SSSR count). The lowest BCUT2D eigenvalue weighted by Crippen LogP contribution is -2.17. The summed E-state index contributed by atoms with van der Waals surface area (Å²) in [7, 11) is 0. The van der Waals surface area contributed by atoms with Crippen LogP contribution in [0.2, 0.25) is 0 Å². The maximum atomic E-state index is 5.38. The van der Waals surface area contributed by atoms with E-state index in [2.05, 4.69) is 28.3 Å². The Labute approximate surface area is 113 Å². The molecule has 0 bridgehead atoms. The lowest BCUT2D eigenvalue weighted by atomic mass is 10.2. The molecule has 2 heterocycles. The minimum atomic E-state index is 0.632. The first kappa shape index (κ1) is 13.6. The Morgan fingerprint density at radius 2 is 2.17 bits per heavy atom. The van der Waals surface area contributed by atoms with E-state index in [-0.39, 0.29) is 0 Å². The zero-order valence-corrected chi connectivity index (χ0v) is 11.9. The second-order valence-corrected chi connectivity index (χ2v) is 5.85. The van der Waals surface area contributed by atoms with Crippen molar-refractivity contribution in [1.29, 1.82) is 0 Å². The van der Waals surface area contributed by atoms with Crippen molar-refractivity contribution in [2.24, 2.45) is 0 Å². The normalized spacial score (nSPS) is 16.8. The fourth-order valence-corrected chi connectivity index (χ4v) is 3.03. The Kier molecular flexibility index (Phi) is 5.26. The summed E-state index contributed by atoms with van der Waals surface area (Å²) < 4.78 is 5.38. The van der Waals surface area contributed by atoms with E-state index >= 15 is 0 Å². The van der Waals surface area contributed by atoms with Crippen LogP contribution < -0.4 is 5.32 Å². The van der Waals surface area contributed by atoms with Crippen molar-refractivity contribution in [3.8, 4) is 0 Å². The molecule has 0 unspecified atom stereocenters. The predicted octanol–water partition coefficient (Wildman–Crippen LogP) is 2.88. The molecule has 4 nitrogen and oxygen atoms in total. The molecule has 0 atom stereocenters. The number of rotatable bonds is 5. The molecule has 1 aliphatic heterocycles. The Bertz CT molecular complexity index is 380. The zero-order valence-electron chi connectivity index (χ0n) is 11.1. The third-order valence-corrected chi connectivity index (χ3v) is 4.07. The Hall–Kier alpha value is -0.810. The Morgan fingerprint density at radius 1 is 1.39 bits per heavy atom. The molecule has 1 aromatic rings. The summed E-state index contributed by atoms with van der Waals surface area (Å²) in [5.74, 6) is 0.756. The number of hydrogen-bond donors (Lipinski definition) is 1. The van der Waals surface area contributed by atoms with Gasteiger partial charge in [0.1, 0.15) is 5.03 Å². The maximum absolute atomic E-state index is 5.38. The number of aromatic nitrogens is 2. The van der Waals surface area contributed by atoms with Gasteiger partial charge in [-0.15, -0.1) is 11.8 Å². The number of aryl methyl sites for hydroxylation is 1. The number of nitrogens with one attached hydrogen (secondary N) is 1. The predicted molar refractivity (Wildman–Crippen MR) is 75.2 cm³/mol. The summed E-state index contributed by atoms with van der Waals surface area (Å²) in [6, 6.07) is 2.07. The largest absolute Gasteiger partial charge is 0.381 e. The van der Waals surface area contributed by atoms with Crippen LogP contribution in [-0.2, 0) is 4.74 Å². The first-order valence-corrected chi connectivity index (χ1v) is 7.50. The molecule has 0 aliphatic carbocycles. The summed E-state index contributed by atoms with van der Waals surface area (Å²) in [6.07, 6.45) is 3.32. The van der Waals surface area contributed by atoms with Gasteiger partial charge in [-0.3, -0.25) is 0 Å². The Balaban J connectivity index is 1.99. The van der Waals surface area contributed by atoms with Gasteiger partial charge in [-0.25, -0.2) is 9.97 Å². The molecule has 0 saturated carbocycles. The first-order valence-electron chi connectivity index (χ1n) is 6.62. The third kappa shape index (κ3) is 4.14. The van der Waals surface area contributed by atoms with E-state index in [0.29, 0.717) is 5.25 Å². The molecule has 5 heteroatoms. The first-order chi connectivity index (χ1) is 8.78. The van der Waals surface area contributed by atoms with E-state index in [9.17, 15) is 0 Å². The summed E-state index contributed by atoms with van der Waals surface area (Å²) in [5, 5.41) is 4.96. The lowest BCUT2D eigenvalue weighted by molar-refractivity contribution is 0.1000. The van der Waals surface area contributed by atoms with Gasteiger partial charge in [0, 0.05) is 30.7 Å². The highest BCUT2D eigenvalue weighted by molar-refractivity contribution is 7.99. The van der Waals surface area contributed by atoms with Crippen LogP contribution in [0, 0.1) is 6.92 Å². The summed E-state index contributed by atoms with van der Waals surface area (Å²) >= 11 is 1.86. The fourth-order valence-electron chi connectivity index (χ4n) is 1.88.